The van der Waals surface area contributed by atoms with Crippen molar-refractivity contribution < 1.29 is 24.5 Å². The zero-order valence-corrected chi connectivity index (χ0v) is 8.90. The smallest absolute Gasteiger partial charge is 0.326 e. The molecule has 0 spiro atoms. The highest BCUT2D eigenvalue weighted by atomic mass is 16.5. The summed E-state index contributed by atoms with van der Waals surface area (Å²) in [6.07, 6.45) is -0.0974. The molecular formula is C9H17NO5. The predicted molar refractivity (Wildman–Crippen MR) is 52.4 cm³/mol. The Morgan fingerprint density at radius 1 is 1.40 bits per heavy atom. The van der Waals surface area contributed by atoms with E-state index in [0.29, 0.717) is 0 Å². The highest BCUT2D eigenvalue weighted by Gasteiger charge is 2.19. The molecule has 0 bridgehead atoms. The van der Waals surface area contributed by atoms with Crippen LogP contribution in [0.3, 0.4) is 0 Å². The molecule has 0 saturated carbocycles. The van der Waals surface area contributed by atoms with Crippen molar-refractivity contribution in [1.29, 1.82) is 0 Å². The summed E-state index contributed by atoms with van der Waals surface area (Å²) in [6, 6.07) is -1.06. The Labute approximate surface area is 88.2 Å². The molecule has 15 heavy (non-hydrogen) atoms. The Balaban J connectivity index is 3.94. The Morgan fingerprint density at radius 3 is 2.40 bits per heavy atom. The van der Waals surface area contributed by atoms with E-state index in [1.165, 1.54) is 0 Å². The van der Waals surface area contributed by atoms with Crippen LogP contribution in [0.2, 0.25) is 0 Å². The fraction of sp³-hybridized carbons (Fsp3) is 0.778. The molecule has 3 N–H and O–H groups in total. The summed E-state index contributed by atoms with van der Waals surface area (Å²) in [5.41, 5.74) is 0. The minimum atomic E-state index is -1.16. The van der Waals surface area contributed by atoms with Crippen molar-refractivity contribution in [2.75, 3.05) is 13.2 Å². The molecule has 0 aliphatic rings. The van der Waals surface area contributed by atoms with Gasteiger partial charge in [0.15, 0.2) is 0 Å². The lowest BCUT2D eigenvalue weighted by Crippen LogP contribution is -2.43. The molecule has 0 aliphatic carbocycles. The Bertz CT molecular complexity index is 217. The van der Waals surface area contributed by atoms with Gasteiger partial charge in [-0.05, 0) is 13.8 Å². The first-order chi connectivity index (χ1) is 6.97. The minimum Gasteiger partial charge on any atom is -0.480 e. The van der Waals surface area contributed by atoms with Gasteiger partial charge in [0.05, 0.1) is 6.10 Å². The average molecular weight is 219 g/mol. The van der Waals surface area contributed by atoms with Gasteiger partial charge in [0, 0.05) is 13.0 Å². The van der Waals surface area contributed by atoms with Crippen LogP contribution in [0.1, 0.15) is 20.3 Å². The number of amides is 1. The van der Waals surface area contributed by atoms with E-state index < -0.39 is 17.9 Å². The summed E-state index contributed by atoms with van der Waals surface area (Å²) in [4.78, 5) is 21.8. The topological polar surface area (TPSA) is 95.9 Å². The number of carbonyl (C=O) groups excluding carboxylic acids is 1. The van der Waals surface area contributed by atoms with Crippen LogP contribution in [0, 0.1) is 0 Å². The lowest BCUT2D eigenvalue weighted by molar-refractivity contribution is -0.143. The highest BCUT2D eigenvalue weighted by molar-refractivity contribution is 5.84. The van der Waals surface area contributed by atoms with Crippen LogP contribution in [-0.2, 0) is 14.3 Å². The van der Waals surface area contributed by atoms with E-state index in [-0.39, 0.29) is 25.7 Å². The van der Waals surface area contributed by atoms with Gasteiger partial charge >= 0.3 is 5.97 Å². The van der Waals surface area contributed by atoms with E-state index in [4.69, 9.17) is 14.9 Å². The van der Waals surface area contributed by atoms with Crippen molar-refractivity contribution in [3.05, 3.63) is 0 Å². The second-order valence-corrected chi connectivity index (χ2v) is 3.33. The van der Waals surface area contributed by atoms with E-state index in [2.05, 4.69) is 5.32 Å². The number of ether oxygens (including phenoxy) is 1. The third kappa shape index (κ3) is 6.87. The maximum atomic E-state index is 11.2. The molecule has 0 aliphatic heterocycles. The van der Waals surface area contributed by atoms with Gasteiger partial charge in [-0.2, -0.15) is 0 Å². The maximum absolute atomic E-state index is 11.2. The average Bonchev–Trinajstić information content (AvgIpc) is 2.14. The van der Waals surface area contributed by atoms with Crippen molar-refractivity contribution in [2.24, 2.45) is 0 Å². The number of hydrogen-bond donors (Lipinski definition) is 3. The third-order valence-electron chi connectivity index (χ3n) is 1.60. The third-order valence-corrected chi connectivity index (χ3v) is 1.60. The molecule has 88 valence electrons. The first kappa shape index (κ1) is 13.9. The normalized spacial score (nSPS) is 12.5. The van der Waals surface area contributed by atoms with Gasteiger partial charge in [-0.25, -0.2) is 4.79 Å². The Morgan fingerprint density at radius 2 is 2.00 bits per heavy atom. The standard InChI is InChI=1S/C9H17NO5/c1-6(2)15-5-8(12)10-7(3-4-11)9(13)14/h6-7,11H,3-5H2,1-2H3,(H,10,12)(H,13,14)/t7-/m1/s1. The van der Waals surface area contributed by atoms with Gasteiger partial charge in [-0.3, -0.25) is 4.79 Å². The van der Waals surface area contributed by atoms with E-state index in [1.54, 1.807) is 13.8 Å². The molecule has 0 aromatic rings. The summed E-state index contributed by atoms with van der Waals surface area (Å²) in [6.45, 7) is 3.08. The lowest BCUT2D eigenvalue weighted by Gasteiger charge is -2.14. The predicted octanol–water partition coefficient (Wildman–Crippen LogP) is -0.637. The molecule has 0 radical (unpaired) electrons. The summed E-state index contributed by atoms with van der Waals surface area (Å²) >= 11 is 0. The number of carboxylic acids is 1. The van der Waals surface area contributed by atoms with Crippen LogP contribution in [0.5, 0.6) is 0 Å². The molecule has 0 rings (SSSR count). The van der Waals surface area contributed by atoms with Gasteiger partial charge in [-0.1, -0.05) is 0 Å². The number of aliphatic hydroxyl groups is 1. The summed E-state index contributed by atoms with van der Waals surface area (Å²) in [7, 11) is 0. The second-order valence-electron chi connectivity index (χ2n) is 3.33. The van der Waals surface area contributed by atoms with Crippen LogP contribution >= 0.6 is 0 Å². The van der Waals surface area contributed by atoms with Crippen molar-refractivity contribution in [3.8, 4) is 0 Å². The Hall–Kier alpha value is -1.14. The molecule has 0 fully saturated rings. The summed E-state index contributed by atoms with van der Waals surface area (Å²) in [5, 5.41) is 19.5. The summed E-state index contributed by atoms with van der Waals surface area (Å²) in [5.74, 6) is -1.66. The van der Waals surface area contributed by atoms with Gasteiger partial charge in [0.1, 0.15) is 12.6 Å². The van der Waals surface area contributed by atoms with Crippen molar-refractivity contribution in [3.63, 3.8) is 0 Å². The number of carboxylic acid groups (broad SMARTS) is 1. The largest absolute Gasteiger partial charge is 0.480 e. The van der Waals surface area contributed by atoms with Crippen molar-refractivity contribution in [2.45, 2.75) is 32.4 Å². The van der Waals surface area contributed by atoms with Crippen LogP contribution < -0.4 is 5.32 Å². The molecule has 0 aromatic carbocycles. The first-order valence-electron chi connectivity index (χ1n) is 4.72. The van der Waals surface area contributed by atoms with E-state index in [0.717, 1.165) is 0 Å². The van der Waals surface area contributed by atoms with E-state index in [9.17, 15) is 9.59 Å². The highest BCUT2D eigenvalue weighted by Crippen LogP contribution is 1.93. The van der Waals surface area contributed by atoms with Crippen LogP contribution in [0.25, 0.3) is 0 Å². The zero-order valence-electron chi connectivity index (χ0n) is 8.90. The number of nitrogens with one attached hydrogen (secondary N) is 1. The fourth-order valence-corrected chi connectivity index (χ4v) is 0.865. The van der Waals surface area contributed by atoms with Crippen molar-refractivity contribution in [1.82, 2.24) is 5.32 Å². The Kier molecular flexibility index (Phi) is 6.64. The molecule has 6 heteroatoms. The minimum absolute atomic E-state index is 0.0112. The monoisotopic (exact) mass is 219 g/mol. The number of aliphatic carboxylic acids is 1. The van der Waals surface area contributed by atoms with Gasteiger partial charge in [-0.15, -0.1) is 0 Å². The SMILES string of the molecule is CC(C)OCC(=O)N[C@H](CCO)C(=O)O. The van der Waals surface area contributed by atoms with E-state index >= 15 is 0 Å². The molecule has 0 saturated heterocycles. The molecule has 6 nitrogen and oxygen atoms in total. The molecule has 1 atom stereocenters. The van der Waals surface area contributed by atoms with Gasteiger partial charge in [0.25, 0.3) is 0 Å². The number of rotatable bonds is 7. The van der Waals surface area contributed by atoms with Crippen LogP contribution in [0.15, 0.2) is 0 Å². The lowest BCUT2D eigenvalue weighted by atomic mass is 10.2. The quantitative estimate of drug-likeness (QED) is 0.529. The molecule has 0 unspecified atom stereocenters. The van der Waals surface area contributed by atoms with Gasteiger partial charge in [0.2, 0.25) is 5.91 Å². The zero-order chi connectivity index (χ0) is 11.8. The maximum Gasteiger partial charge on any atom is 0.326 e. The molecule has 0 heterocycles. The molecule has 1 amide bonds. The van der Waals surface area contributed by atoms with Crippen molar-refractivity contribution >= 4 is 11.9 Å². The summed E-state index contributed by atoms with van der Waals surface area (Å²) < 4.78 is 4.99. The molecular weight excluding hydrogens is 202 g/mol. The number of hydrogen-bond acceptors (Lipinski definition) is 4. The van der Waals surface area contributed by atoms with E-state index in [1.807, 2.05) is 0 Å². The van der Waals surface area contributed by atoms with Crippen LogP contribution in [-0.4, -0.2) is 47.4 Å². The molecule has 0 aromatic heterocycles. The number of carbonyl (C=O) groups is 2. The van der Waals surface area contributed by atoms with Crippen LogP contribution in [0.4, 0.5) is 0 Å². The van der Waals surface area contributed by atoms with Gasteiger partial charge < -0.3 is 20.3 Å². The number of aliphatic hydroxyl groups excluding tert-OH is 1. The second kappa shape index (κ2) is 7.19. The fourth-order valence-electron chi connectivity index (χ4n) is 0.865. The first-order valence-corrected chi connectivity index (χ1v) is 4.72.